The average Bonchev–Trinajstić information content (AvgIpc) is 2.95. The minimum absolute atomic E-state index is 0.201. The third-order valence-electron chi connectivity index (χ3n) is 4.15. The number of rotatable bonds is 4. The first-order valence-corrected chi connectivity index (χ1v) is 7.21. The van der Waals surface area contributed by atoms with Gasteiger partial charge in [0.15, 0.2) is 0 Å². The Bertz CT molecular complexity index is 468. The SMILES string of the molecule is CC1CC1C(=O)NCc1ccnc(N2CCCC2)c1. The van der Waals surface area contributed by atoms with Crippen LogP contribution in [0.5, 0.6) is 0 Å². The largest absolute Gasteiger partial charge is 0.357 e. The highest BCUT2D eigenvalue weighted by molar-refractivity contribution is 5.81. The third kappa shape index (κ3) is 2.88. The van der Waals surface area contributed by atoms with Crippen LogP contribution in [-0.4, -0.2) is 24.0 Å². The highest BCUT2D eigenvalue weighted by Gasteiger charge is 2.38. The molecule has 0 aromatic carbocycles. The monoisotopic (exact) mass is 259 g/mol. The average molecular weight is 259 g/mol. The first-order valence-electron chi connectivity index (χ1n) is 7.21. The fourth-order valence-corrected chi connectivity index (χ4v) is 2.70. The van der Waals surface area contributed by atoms with Crippen molar-refractivity contribution in [1.29, 1.82) is 0 Å². The molecule has 2 aliphatic rings. The zero-order chi connectivity index (χ0) is 13.2. The van der Waals surface area contributed by atoms with E-state index < -0.39 is 0 Å². The first kappa shape index (κ1) is 12.5. The molecule has 1 N–H and O–H groups in total. The number of amides is 1. The molecular formula is C15H21N3O. The summed E-state index contributed by atoms with van der Waals surface area (Å²) in [7, 11) is 0. The first-order chi connectivity index (χ1) is 9.24. The molecule has 1 aliphatic heterocycles. The molecule has 0 bridgehead atoms. The van der Waals surface area contributed by atoms with E-state index in [1.165, 1.54) is 12.8 Å². The third-order valence-corrected chi connectivity index (χ3v) is 4.15. The van der Waals surface area contributed by atoms with Crippen LogP contribution in [0.3, 0.4) is 0 Å². The van der Waals surface area contributed by atoms with E-state index in [0.717, 1.165) is 30.9 Å². The maximum Gasteiger partial charge on any atom is 0.223 e. The summed E-state index contributed by atoms with van der Waals surface area (Å²) in [5, 5.41) is 3.02. The summed E-state index contributed by atoms with van der Waals surface area (Å²) in [5.74, 6) is 2.06. The second-order valence-corrected chi connectivity index (χ2v) is 5.75. The molecule has 4 heteroatoms. The van der Waals surface area contributed by atoms with Crippen LogP contribution in [0, 0.1) is 11.8 Å². The molecule has 1 saturated heterocycles. The zero-order valence-corrected chi connectivity index (χ0v) is 11.4. The van der Waals surface area contributed by atoms with Crippen LogP contribution in [0.15, 0.2) is 18.3 Å². The van der Waals surface area contributed by atoms with E-state index in [2.05, 4.69) is 28.2 Å². The number of carbonyl (C=O) groups excluding carboxylic acids is 1. The number of hydrogen-bond acceptors (Lipinski definition) is 3. The molecule has 4 nitrogen and oxygen atoms in total. The smallest absolute Gasteiger partial charge is 0.223 e. The summed E-state index contributed by atoms with van der Waals surface area (Å²) < 4.78 is 0. The van der Waals surface area contributed by atoms with Crippen LogP contribution in [0.1, 0.15) is 31.7 Å². The predicted molar refractivity (Wildman–Crippen MR) is 74.8 cm³/mol. The quantitative estimate of drug-likeness (QED) is 0.899. The summed E-state index contributed by atoms with van der Waals surface area (Å²) in [6, 6.07) is 4.08. The van der Waals surface area contributed by atoms with Crippen molar-refractivity contribution in [1.82, 2.24) is 10.3 Å². The number of aromatic nitrogens is 1. The normalized spacial score (nSPS) is 25.4. The highest BCUT2D eigenvalue weighted by Crippen LogP contribution is 2.37. The Morgan fingerprint density at radius 3 is 2.89 bits per heavy atom. The Kier molecular flexibility index (Phi) is 3.40. The van der Waals surface area contributed by atoms with Gasteiger partial charge in [0, 0.05) is 31.7 Å². The van der Waals surface area contributed by atoms with Gasteiger partial charge in [-0.2, -0.15) is 0 Å². The van der Waals surface area contributed by atoms with Crippen molar-refractivity contribution in [3.8, 4) is 0 Å². The lowest BCUT2D eigenvalue weighted by Crippen LogP contribution is -2.25. The Morgan fingerprint density at radius 1 is 1.47 bits per heavy atom. The maximum absolute atomic E-state index is 11.8. The molecule has 0 spiro atoms. The second-order valence-electron chi connectivity index (χ2n) is 5.75. The molecule has 2 heterocycles. The standard InChI is InChI=1S/C15H21N3O/c1-11-8-13(11)15(19)17-10-12-4-5-16-14(9-12)18-6-2-3-7-18/h4-5,9,11,13H,2-3,6-8,10H2,1H3,(H,17,19). The van der Waals surface area contributed by atoms with Crippen LogP contribution >= 0.6 is 0 Å². The van der Waals surface area contributed by atoms with E-state index in [4.69, 9.17) is 0 Å². The lowest BCUT2D eigenvalue weighted by molar-refractivity contribution is -0.122. The zero-order valence-electron chi connectivity index (χ0n) is 11.4. The lowest BCUT2D eigenvalue weighted by Gasteiger charge is -2.17. The predicted octanol–water partition coefficient (Wildman–Crippen LogP) is 1.95. The molecule has 2 atom stereocenters. The molecule has 1 saturated carbocycles. The molecular weight excluding hydrogens is 238 g/mol. The number of anilines is 1. The molecule has 0 radical (unpaired) electrons. The minimum atomic E-state index is 0.201. The van der Waals surface area contributed by atoms with Gasteiger partial charge in [-0.05, 0) is 42.9 Å². The molecule has 19 heavy (non-hydrogen) atoms. The van der Waals surface area contributed by atoms with Crippen LogP contribution in [-0.2, 0) is 11.3 Å². The molecule has 2 fully saturated rings. The van der Waals surface area contributed by atoms with E-state index in [0.29, 0.717) is 12.5 Å². The Morgan fingerprint density at radius 2 is 2.21 bits per heavy atom. The van der Waals surface area contributed by atoms with Gasteiger partial charge in [-0.15, -0.1) is 0 Å². The van der Waals surface area contributed by atoms with Crippen molar-refractivity contribution in [2.45, 2.75) is 32.7 Å². The summed E-state index contributed by atoms with van der Waals surface area (Å²) in [6.45, 7) is 4.94. The van der Waals surface area contributed by atoms with Crippen molar-refractivity contribution >= 4 is 11.7 Å². The van der Waals surface area contributed by atoms with E-state index in [9.17, 15) is 4.79 Å². The van der Waals surface area contributed by atoms with Gasteiger partial charge in [0.1, 0.15) is 5.82 Å². The Hall–Kier alpha value is -1.58. The molecule has 1 aromatic heterocycles. The molecule has 1 amide bonds. The number of nitrogens with zero attached hydrogens (tertiary/aromatic N) is 2. The summed E-state index contributed by atoms with van der Waals surface area (Å²) in [6.07, 6.45) is 5.39. The Labute approximate surface area is 114 Å². The van der Waals surface area contributed by atoms with Gasteiger partial charge < -0.3 is 10.2 Å². The van der Waals surface area contributed by atoms with Gasteiger partial charge in [0.05, 0.1) is 0 Å². The number of pyridine rings is 1. The van der Waals surface area contributed by atoms with E-state index in [1.54, 1.807) is 0 Å². The van der Waals surface area contributed by atoms with Crippen molar-refractivity contribution in [2.24, 2.45) is 11.8 Å². The van der Waals surface area contributed by atoms with Gasteiger partial charge in [-0.1, -0.05) is 6.92 Å². The lowest BCUT2D eigenvalue weighted by atomic mass is 10.2. The maximum atomic E-state index is 11.8. The second kappa shape index (κ2) is 5.19. The van der Waals surface area contributed by atoms with E-state index in [1.807, 2.05) is 12.3 Å². The fraction of sp³-hybridized carbons (Fsp3) is 0.600. The van der Waals surface area contributed by atoms with Crippen molar-refractivity contribution in [3.05, 3.63) is 23.9 Å². The van der Waals surface area contributed by atoms with Crippen molar-refractivity contribution in [3.63, 3.8) is 0 Å². The van der Waals surface area contributed by atoms with Gasteiger partial charge in [0.25, 0.3) is 0 Å². The molecule has 1 aromatic rings. The fourth-order valence-electron chi connectivity index (χ4n) is 2.70. The van der Waals surface area contributed by atoms with E-state index >= 15 is 0 Å². The van der Waals surface area contributed by atoms with Gasteiger partial charge in [-0.25, -0.2) is 4.98 Å². The van der Waals surface area contributed by atoms with E-state index in [-0.39, 0.29) is 11.8 Å². The molecule has 2 unspecified atom stereocenters. The minimum Gasteiger partial charge on any atom is -0.357 e. The molecule has 3 rings (SSSR count). The number of hydrogen-bond donors (Lipinski definition) is 1. The van der Waals surface area contributed by atoms with Crippen LogP contribution in [0.2, 0.25) is 0 Å². The van der Waals surface area contributed by atoms with Crippen molar-refractivity contribution < 1.29 is 4.79 Å². The van der Waals surface area contributed by atoms with Crippen LogP contribution in [0.25, 0.3) is 0 Å². The van der Waals surface area contributed by atoms with Crippen molar-refractivity contribution in [2.75, 3.05) is 18.0 Å². The molecule has 102 valence electrons. The van der Waals surface area contributed by atoms with Gasteiger partial charge in [0.2, 0.25) is 5.91 Å². The Balaban J connectivity index is 1.58. The highest BCUT2D eigenvalue weighted by atomic mass is 16.2. The summed E-state index contributed by atoms with van der Waals surface area (Å²) in [4.78, 5) is 18.5. The van der Waals surface area contributed by atoms with Crippen LogP contribution < -0.4 is 10.2 Å². The molecule has 1 aliphatic carbocycles. The van der Waals surface area contributed by atoms with Gasteiger partial charge >= 0.3 is 0 Å². The number of carbonyl (C=O) groups is 1. The van der Waals surface area contributed by atoms with Crippen LogP contribution in [0.4, 0.5) is 5.82 Å². The van der Waals surface area contributed by atoms with Gasteiger partial charge in [-0.3, -0.25) is 4.79 Å². The topological polar surface area (TPSA) is 45.2 Å². The summed E-state index contributed by atoms with van der Waals surface area (Å²) in [5.41, 5.74) is 1.14. The summed E-state index contributed by atoms with van der Waals surface area (Å²) >= 11 is 0. The number of nitrogens with one attached hydrogen (secondary N) is 1.